The first kappa shape index (κ1) is 28.0. The molecule has 0 bridgehead atoms. The first-order valence-corrected chi connectivity index (χ1v) is 12.9. The van der Waals surface area contributed by atoms with Gasteiger partial charge in [0.15, 0.2) is 6.23 Å². The number of aliphatic hydroxyl groups excluding tert-OH is 1. The van der Waals surface area contributed by atoms with Gasteiger partial charge < -0.3 is 36.8 Å². The summed E-state index contributed by atoms with van der Waals surface area (Å²) in [5.74, 6) is -1.56. The van der Waals surface area contributed by atoms with E-state index in [0.29, 0.717) is 55.2 Å². The largest absolute Gasteiger partial charge is 0.533 e. The van der Waals surface area contributed by atoms with E-state index in [9.17, 15) is 24.3 Å². The highest BCUT2D eigenvalue weighted by molar-refractivity contribution is 5.98. The number of hydrogen-bond acceptors (Lipinski definition) is 9. The van der Waals surface area contributed by atoms with Gasteiger partial charge in [-0.05, 0) is 72.5 Å². The Morgan fingerprint density at radius 2 is 1.46 bits per heavy atom. The number of nitrogens with two attached hydrogens (primary N) is 2. The van der Waals surface area contributed by atoms with Crippen LogP contribution in [0.25, 0.3) is 11.1 Å². The van der Waals surface area contributed by atoms with Crippen LogP contribution in [0.4, 0.5) is 4.79 Å². The van der Waals surface area contributed by atoms with Crippen molar-refractivity contribution in [3.63, 3.8) is 0 Å². The van der Waals surface area contributed by atoms with E-state index in [1.165, 1.54) is 0 Å². The van der Waals surface area contributed by atoms with E-state index >= 15 is 0 Å². The lowest BCUT2D eigenvalue weighted by molar-refractivity contribution is -0.199. The van der Waals surface area contributed by atoms with E-state index < -0.39 is 24.2 Å². The van der Waals surface area contributed by atoms with E-state index in [1.54, 1.807) is 24.3 Å². The molecule has 1 aliphatic heterocycles. The van der Waals surface area contributed by atoms with Gasteiger partial charge in [-0.1, -0.05) is 12.1 Å². The van der Waals surface area contributed by atoms with Gasteiger partial charge >= 0.3 is 6.16 Å². The lowest BCUT2D eigenvalue weighted by Crippen LogP contribution is -2.35. The standard InChI is InChI=1S/C27H33N5O7/c28-9-1-11-30-25(35)16-3-5-18-19-6-4-17(26(36)31-12-2-10-29)14-21(19)22(20(18)13-16)15-38-27(37)39-32-23(33)7-8-24(32)34/h3-6,13-14,22-23,33H,1-2,7-12,15,28-29H2,(H,30,35)(H,31,36). The zero-order valence-corrected chi connectivity index (χ0v) is 21.5. The number of hydrogen-bond donors (Lipinski definition) is 5. The Kier molecular flexibility index (Phi) is 9.12. The predicted molar refractivity (Wildman–Crippen MR) is 140 cm³/mol. The minimum absolute atomic E-state index is 0.0596. The van der Waals surface area contributed by atoms with Crippen molar-refractivity contribution in [1.82, 2.24) is 15.7 Å². The van der Waals surface area contributed by atoms with Crippen LogP contribution in [-0.2, 0) is 14.4 Å². The average molecular weight is 540 g/mol. The van der Waals surface area contributed by atoms with Crippen molar-refractivity contribution >= 4 is 23.9 Å². The molecule has 1 fully saturated rings. The van der Waals surface area contributed by atoms with Gasteiger partial charge in [-0.25, -0.2) is 4.79 Å². The number of amides is 3. The van der Waals surface area contributed by atoms with Crippen LogP contribution in [0.3, 0.4) is 0 Å². The fraction of sp³-hybridized carbons (Fsp3) is 0.407. The molecule has 0 saturated carbocycles. The Labute approximate surface area is 225 Å². The quantitative estimate of drug-likeness (QED) is 0.205. The number of aliphatic hydroxyl groups is 1. The number of hydroxylamine groups is 2. The van der Waals surface area contributed by atoms with Gasteiger partial charge in [0.05, 0.1) is 0 Å². The van der Waals surface area contributed by atoms with E-state index in [1.807, 2.05) is 12.1 Å². The molecular weight excluding hydrogens is 506 g/mol. The van der Waals surface area contributed by atoms with Gasteiger partial charge in [-0.2, -0.15) is 0 Å². The molecule has 0 aromatic heterocycles. The molecule has 2 aromatic rings. The van der Waals surface area contributed by atoms with Gasteiger partial charge in [-0.3, -0.25) is 14.4 Å². The lowest BCUT2D eigenvalue weighted by atomic mass is 9.95. The third-order valence-corrected chi connectivity index (χ3v) is 6.68. The van der Waals surface area contributed by atoms with Crippen LogP contribution in [0.15, 0.2) is 36.4 Å². The number of benzene rings is 2. The van der Waals surface area contributed by atoms with Crippen LogP contribution >= 0.6 is 0 Å². The molecule has 1 saturated heterocycles. The van der Waals surface area contributed by atoms with Gasteiger partial charge in [-0.15, -0.1) is 5.06 Å². The summed E-state index contributed by atoms with van der Waals surface area (Å²) in [6.45, 7) is 1.60. The zero-order valence-electron chi connectivity index (χ0n) is 21.5. The second-order valence-corrected chi connectivity index (χ2v) is 9.34. The molecule has 1 heterocycles. The summed E-state index contributed by atoms with van der Waals surface area (Å²) < 4.78 is 5.36. The van der Waals surface area contributed by atoms with E-state index in [0.717, 1.165) is 22.3 Å². The highest BCUT2D eigenvalue weighted by atomic mass is 16.8. The number of nitrogens with zero attached hydrogens (tertiary/aromatic N) is 1. The molecular formula is C27H33N5O7. The van der Waals surface area contributed by atoms with Crippen LogP contribution in [0, 0.1) is 0 Å². The number of ether oxygens (including phenoxy) is 1. The number of nitrogens with one attached hydrogen (secondary N) is 2. The maximum Gasteiger partial charge on any atom is 0.533 e. The van der Waals surface area contributed by atoms with Crippen LogP contribution in [0.2, 0.25) is 0 Å². The number of carbonyl (C=O) groups is 4. The van der Waals surface area contributed by atoms with Gasteiger partial charge in [0.2, 0.25) is 0 Å². The molecule has 0 radical (unpaired) electrons. The van der Waals surface area contributed by atoms with Crippen molar-refractivity contribution in [2.75, 3.05) is 32.8 Å². The number of rotatable bonds is 11. The first-order chi connectivity index (χ1) is 18.8. The molecule has 2 aromatic carbocycles. The van der Waals surface area contributed by atoms with Gasteiger partial charge in [0.1, 0.15) is 6.61 Å². The Balaban J connectivity index is 1.58. The molecule has 2 aliphatic rings. The molecule has 1 atom stereocenters. The summed E-state index contributed by atoms with van der Waals surface area (Å²) in [7, 11) is 0. The Morgan fingerprint density at radius 1 is 0.923 bits per heavy atom. The van der Waals surface area contributed by atoms with Crippen molar-refractivity contribution in [3.05, 3.63) is 58.7 Å². The van der Waals surface area contributed by atoms with Crippen LogP contribution < -0.4 is 22.1 Å². The van der Waals surface area contributed by atoms with Crippen molar-refractivity contribution in [2.24, 2.45) is 11.5 Å². The minimum atomic E-state index is -1.22. The molecule has 3 amide bonds. The second-order valence-electron chi connectivity index (χ2n) is 9.34. The zero-order chi connectivity index (χ0) is 27.9. The predicted octanol–water partition coefficient (Wildman–Crippen LogP) is 0.965. The third kappa shape index (κ3) is 6.36. The fourth-order valence-electron chi connectivity index (χ4n) is 4.65. The van der Waals surface area contributed by atoms with Crippen LogP contribution in [-0.4, -0.2) is 73.1 Å². The van der Waals surface area contributed by atoms with E-state index in [2.05, 4.69) is 10.6 Å². The maximum absolute atomic E-state index is 12.7. The summed E-state index contributed by atoms with van der Waals surface area (Å²) in [5.41, 5.74) is 15.0. The minimum Gasteiger partial charge on any atom is -0.432 e. The SMILES string of the molecule is NCCCNC(=O)c1ccc2c(c1)C(COC(=O)ON1C(=O)CCC1O)c1cc(C(=O)NCCCN)ccc1-2. The monoisotopic (exact) mass is 539 g/mol. The second kappa shape index (κ2) is 12.7. The number of carbonyl (C=O) groups excluding carboxylic acids is 4. The smallest absolute Gasteiger partial charge is 0.432 e. The molecule has 4 rings (SSSR count). The Bertz CT molecular complexity index is 1180. The lowest BCUT2D eigenvalue weighted by Gasteiger charge is -2.20. The van der Waals surface area contributed by atoms with Crippen LogP contribution in [0.1, 0.15) is 63.4 Å². The summed E-state index contributed by atoms with van der Waals surface area (Å²) in [4.78, 5) is 54.6. The summed E-state index contributed by atoms with van der Waals surface area (Å²) >= 11 is 0. The molecule has 39 heavy (non-hydrogen) atoms. The third-order valence-electron chi connectivity index (χ3n) is 6.68. The van der Waals surface area contributed by atoms with Gasteiger partial charge in [0, 0.05) is 43.0 Å². The molecule has 208 valence electrons. The van der Waals surface area contributed by atoms with Crippen LogP contribution in [0.5, 0.6) is 0 Å². The van der Waals surface area contributed by atoms with Crippen molar-refractivity contribution in [3.8, 4) is 11.1 Å². The van der Waals surface area contributed by atoms with Crippen molar-refractivity contribution < 1.29 is 33.9 Å². The summed E-state index contributed by atoms with van der Waals surface area (Å²) in [5, 5.41) is 16.1. The summed E-state index contributed by atoms with van der Waals surface area (Å²) in [6.07, 6.45) is -0.869. The molecule has 7 N–H and O–H groups in total. The molecule has 0 spiro atoms. The molecule has 12 heteroatoms. The highest BCUT2D eigenvalue weighted by Crippen LogP contribution is 2.45. The molecule has 12 nitrogen and oxygen atoms in total. The maximum atomic E-state index is 12.7. The van der Waals surface area contributed by atoms with E-state index in [4.69, 9.17) is 21.0 Å². The van der Waals surface area contributed by atoms with Crippen molar-refractivity contribution in [1.29, 1.82) is 0 Å². The highest BCUT2D eigenvalue weighted by Gasteiger charge is 2.35. The Morgan fingerprint density at radius 3 is 1.92 bits per heavy atom. The molecule has 1 unspecified atom stereocenters. The topological polar surface area (TPSA) is 186 Å². The first-order valence-electron chi connectivity index (χ1n) is 12.9. The normalized spacial score (nSPS) is 16.0. The van der Waals surface area contributed by atoms with Crippen molar-refractivity contribution in [2.45, 2.75) is 37.8 Å². The average Bonchev–Trinajstić information content (AvgIpc) is 3.42. The summed E-state index contributed by atoms with van der Waals surface area (Å²) in [6, 6.07) is 10.6. The van der Waals surface area contributed by atoms with E-state index in [-0.39, 0.29) is 31.3 Å². The van der Waals surface area contributed by atoms with Gasteiger partial charge in [0.25, 0.3) is 17.7 Å². The molecule has 1 aliphatic carbocycles. The Hall–Kier alpha value is -4.00. The number of fused-ring (bicyclic) bond motifs is 3. The fourth-order valence-corrected chi connectivity index (χ4v) is 4.65.